The Morgan fingerprint density at radius 3 is 2.40 bits per heavy atom. The second-order valence-corrected chi connectivity index (χ2v) is 7.23. The molecule has 0 unspecified atom stereocenters. The number of carboxylic acids is 1. The van der Waals surface area contributed by atoms with Crippen molar-refractivity contribution in [3.8, 4) is 16.9 Å². The molecule has 156 valence electrons. The topological polar surface area (TPSA) is 49.8 Å². The van der Waals surface area contributed by atoms with Crippen LogP contribution in [0.4, 0.5) is 20.2 Å². The van der Waals surface area contributed by atoms with Gasteiger partial charge in [-0.25, -0.2) is 13.6 Å². The second-order valence-electron chi connectivity index (χ2n) is 7.23. The molecule has 0 aliphatic carbocycles. The predicted molar refractivity (Wildman–Crippen MR) is 114 cm³/mol. The van der Waals surface area contributed by atoms with E-state index in [-0.39, 0.29) is 11.6 Å². The predicted octanol–water partition coefficient (Wildman–Crippen LogP) is 5.79. The summed E-state index contributed by atoms with van der Waals surface area (Å²) in [5.74, 6) is -1.40. The Balaban J connectivity index is 2.10. The molecule has 0 fully saturated rings. The van der Waals surface area contributed by atoms with Crippen molar-refractivity contribution < 1.29 is 23.4 Å². The summed E-state index contributed by atoms with van der Waals surface area (Å²) in [6.07, 6.45) is 0. The minimum Gasteiger partial charge on any atom is -0.482 e. The Morgan fingerprint density at radius 1 is 1.00 bits per heavy atom. The van der Waals surface area contributed by atoms with Crippen LogP contribution in [0.1, 0.15) is 16.7 Å². The molecule has 30 heavy (non-hydrogen) atoms. The summed E-state index contributed by atoms with van der Waals surface area (Å²) in [4.78, 5) is 12.6. The van der Waals surface area contributed by atoms with Crippen molar-refractivity contribution in [1.29, 1.82) is 0 Å². The molecule has 6 heteroatoms. The third-order valence-electron chi connectivity index (χ3n) is 5.02. The molecule has 0 spiro atoms. The van der Waals surface area contributed by atoms with E-state index in [2.05, 4.69) is 0 Å². The van der Waals surface area contributed by atoms with Crippen LogP contribution in [0.3, 0.4) is 0 Å². The number of nitrogens with zero attached hydrogens (tertiary/aromatic N) is 1. The zero-order valence-corrected chi connectivity index (χ0v) is 17.3. The van der Waals surface area contributed by atoms with Crippen molar-refractivity contribution in [1.82, 2.24) is 0 Å². The van der Waals surface area contributed by atoms with Crippen LogP contribution in [0.25, 0.3) is 11.1 Å². The molecule has 0 bridgehead atoms. The van der Waals surface area contributed by atoms with Gasteiger partial charge in [0.25, 0.3) is 0 Å². The van der Waals surface area contributed by atoms with Gasteiger partial charge in [0.1, 0.15) is 17.4 Å². The standard InChI is InChI=1S/C24H23F2NO3/c1-14-8-9-21(30-13-22(28)29)16(3)24(14)27(4)20-12-18(10-15(2)23(20)26)17-6-5-7-19(25)11-17/h5-12H,13H2,1-4H3,(H,28,29). The molecule has 0 saturated carbocycles. The summed E-state index contributed by atoms with van der Waals surface area (Å²) in [5.41, 5.74) is 4.41. The number of halogens is 2. The maximum absolute atomic E-state index is 15.1. The Bertz CT molecular complexity index is 1110. The summed E-state index contributed by atoms with van der Waals surface area (Å²) in [6.45, 7) is 4.90. The summed E-state index contributed by atoms with van der Waals surface area (Å²) in [5, 5.41) is 8.89. The monoisotopic (exact) mass is 411 g/mol. The van der Waals surface area contributed by atoms with Crippen LogP contribution in [-0.4, -0.2) is 24.7 Å². The highest BCUT2D eigenvalue weighted by Gasteiger charge is 2.19. The van der Waals surface area contributed by atoms with E-state index in [0.717, 1.165) is 5.56 Å². The third kappa shape index (κ3) is 4.27. The molecule has 0 radical (unpaired) electrons. The number of carbonyl (C=O) groups is 1. The van der Waals surface area contributed by atoms with E-state index in [4.69, 9.17) is 9.84 Å². The van der Waals surface area contributed by atoms with Gasteiger partial charge in [0.2, 0.25) is 0 Å². The van der Waals surface area contributed by atoms with Crippen LogP contribution in [0, 0.1) is 32.4 Å². The number of aliphatic carboxylic acids is 1. The van der Waals surface area contributed by atoms with Gasteiger partial charge in [0.15, 0.2) is 6.61 Å². The molecule has 3 aromatic carbocycles. The smallest absolute Gasteiger partial charge is 0.341 e. The first-order chi connectivity index (χ1) is 14.2. The Kier molecular flexibility index (Phi) is 6.06. The van der Waals surface area contributed by atoms with Crippen molar-refractivity contribution in [3.63, 3.8) is 0 Å². The van der Waals surface area contributed by atoms with Gasteiger partial charge in [0, 0.05) is 12.6 Å². The minimum atomic E-state index is -1.07. The van der Waals surface area contributed by atoms with Crippen molar-refractivity contribution in [3.05, 3.63) is 76.9 Å². The molecule has 0 aliphatic heterocycles. The molecule has 3 aromatic rings. The van der Waals surface area contributed by atoms with Gasteiger partial charge in [-0.1, -0.05) is 18.2 Å². The Hall–Kier alpha value is -3.41. The Labute approximate surface area is 174 Å². The molecule has 1 N–H and O–H groups in total. The lowest BCUT2D eigenvalue weighted by molar-refractivity contribution is -0.139. The third-order valence-corrected chi connectivity index (χ3v) is 5.02. The van der Waals surface area contributed by atoms with Gasteiger partial charge in [-0.2, -0.15) is 0 Å². The number of ether oxygens (including phenoxy) is 1. The van der Waals surface area contributed by atoms with Crippen LogP contribution in [0.2, 0.25) is 0 Å². The van der Waals surface area contributed by atoms with E-state index in [1.165, 1.54) is 12.1 Å². The highest BCUT2D eigenvalue weighted by Crippen LogP contribution is 2.38. The van der Waals surface area contributed by atoms with E-state index in [0.29, 0.717) is 39.4 Å². The average molecular weight is 411 g/mol. The van der Waals surface area contributed by atoms with E-state index >= 15 is 4.39 Å². The van der Waals surface area contributed by atoms with Gasteiger partial charge in [-0.3, -0.25) is 0 Å². The van der Waals surface area contributed by atoms with Gasteiger partial charge < -0.3 is 14.7 Å². The number of rotatable bonds is 6. The maximum Gasteiger partial charge on any atom is 0.341 e. The second kappa shape index (κ2) is 8.53. The number of carboxylic acid groups (broad SMARTS) is 1. The molecular formula is C24H23F2NO3. The van der Waals surface area contributed by atoms with Crippen LogP contribution in [0.5, 0.6) is 5.75 Å². The summed E-state index contributed by atoms with van der Waals surface area (Å²) < 4.78 is 34.2. The number of anilines is 2. The van der Waals surface area contributed by atoms with Crippen LogP contribution in [0.15, 0.2) is 48.5 Å². The number of aryl methyl sites for hydroxylation is 2. The fourth-order valence-corrected chi connectivity index (χ4v) is 3.58. The molecule has 0 aliphatic rings. The molecule has 0 atom stereocenters. The van der Waals surface area contributed by atoms with Crippen molar-refractivity contribution in [2.24, 2.45) is 0 Å². The minimum absolute atomic E-state index is 0.329. The maximum atomic E-state index is 15.1. The van der Waals surface area contributed by atoms with Gasteiger partial charge in [0.05, 0.1) is 11.4 Å². The average Bonchev–Trinajstić information content (AvgIpc) is 2.69. The van der Waals surface area contributed by atoms with Gasteiger partial charge in [-0.15, -0.1) is 0 Å². The molecule has 0 aromatic heterocycles. The lowest BCUT2D eigenvalue weighted by Crippen LogP contribution is -2.16. The highest BCUT2D eigenvalue weighted by atomic mass is 19.1. The van der Waals surface area contributed by atoms with Gasteiger partial charge in [-0.05, 0) is 73.4 Å². The van der Waals surface area contributed by atoms with E-state index in [9.17, 15) is 9.18 Å². The highest BCUT2D eigenvalue weighted by molar-refractivity contribution is 5.77. The first kappa shape index (κ1) is 21.3. The molecular weight excluding hydrogens is 388 g/mol. The van der Waals surface area contributed by atoms with Crippen molar-refractivity contribution in [2.75, 3.05) is 18.6 Å². The normalized spacial score (nSPS) is 10.7. The first-order valence-electron chi connectivity index (χ1n) is 9.43. The van der Waals surface area contributed by atoms with Crippen LogP contribution >= 0.6 is 0 Å². The number of hydrogen-bond donors (Lipinski definition) is 1. The van der Waals surface area contributed by atoms with Crippen LogP contribution < -0.4 is 9.64 Å². The van der Waals surface area contributed by atoms with Crippen LogP contribution in [-0.2, 0) is 4.79 Å². The first-order valence-corrected chi connectivity index (χ1v) is 9.43. The summed E-state index contributed by atoms with van der Waals surface area (Å²) in [6, 6.07) is 13.0. The van der Waals surface area contributed by atoms with E-state index in [1.807, 2.05) is 6.92 Å². The lowest BCUT2D eigenvalue weighted by Gasteiger charge is -2.26. The molecule has 0 amide bonds. The molecule has 4 nitrogen and oxygen atoms in total. The van der Waals surface area contributed by atoms with Crippen molar-refractivity contribution in [2.45, 2.75) is 20.8 Å². The zero-order chi connectivity index (χ0) is 22.0. The van der Waals surface area contributed by atoms with E-state index < -0.39 is 12.6 Å². The van der Waals surface area contributed by atoms with Gasteiger partial charge >= 0.3 is 5.97 Å². The van der Waals surface area contributed by atoms with Crippen molar-refractivity contribution >= 4 is 17.3 Å². The quantitative estimate of drug-likeness (QED) is 0.558. The Morgan fingerprint density at radius 2 is 1.73 bits per heavy atom. The largest absolute Gasteiger partial charge is 0.482 e. The SMILES string of the molecule is Cc1cc(-c2cccc(F)c2)cc(N(C)c2c(C)ccc(OCC(=O)O)c2C)c1F. The fraction of sp³-hybridized carbons (Fsp3) is 0.208. The summed E-state index contributed by atoms with van der Waals surface area (Å²) in [7, 11) is 1.74. The molecule has 0 saturated heterocycles. The molecule has 3 rings (SSSR count). The number of benzene rings is 3. The fourth-order valence-electron chi connectivity index (χ4n) is 3.58. The number of hydrogen-bond acceptors (Lipinski definition) is 3. The lowest BCUT2D eigenvalue weighted by atomic mass is 10.0. The van der Waals surface area contributed by atoms with E-state index in [1.54, 1.807) is 62.2 Å². The zero-order valence-electron chi connectivity index (χ0n) is 17.3. The summed E-state index contributed by atoms with van der Waals surface area (Å²) >= 11 is 0. The molecule has 0 heterocycles.